The van der Waals surface area contributed by atoms with E-state index in [0.717, 1.165) is 25.4 Å². The van der Waals surface area contributed by atoms with Gasteiger partial charge in [-0.2, -0.15) is 5.10 Å². The number of hydrogen-bond donors (Lipinski definition) is 0. The summed E-state index contributed by atoms with van der Waals surface area (Å²) < 4.78 is 1.80. The van der Waals surface area contributed by atoms with E-state index in [9.17, 15) is 4.79 Å². The highest BCUT2D eigenvalue weighted by Crippen LogP contribution is 2.35. The molecule has 110 valence electrons. The van der Waals surface area contributed by atoms with Gasteiger partial charge in [-0.1, -0.05) is 12.8 Å². The van der Waals surface area contributed by atoms with Crippen molar-refractivity contribution >= 4 is 5.91 Å². The van der Waals surface area contributed by atoms with E-state index in [1.165, 1.54) is 38.5 Å². The fourth-order valence-corrected chi connectivity index (χ4v) is 3.82. The summed E-state index contributed by atoms with van der Waals surface area (Å²) in [4.78, 5) is 18.6. The van der Waals surface area contributed by atoms with E-state index in [1.807, 2.05) is 0 Å². The molecule has 2 aliphatic rings. The zero-order valence-electron chi connectivity index (χ0n) is 12.1. The molecule has 20 heavy (non-hydrogen) atoms. The van der Waals surface area contributed by atoms with Crippen molar-refractivity contribution in [2.45, 2.75) is 64.0 Å². The summed E-state index contributed by atoms with van der Waals surface area (Å²) in [5.74, 6) is 1.12. The number of carbonyl (C=O) groups excluding carboxylic acids is 1. The largest absolute Gasteiger partial charge is 0.339 e. The maximum atomic E-state index is 12.5. The highest BCUT2D eigenvalue weighted by Gasteiger charge is 2.35. The van der Waals surface area contributed by atoms with Gasteiger partial charge in [0.1, 0.15) is 12.7 Å². The Labute approximate surface area is 120 Å². The number of hydrogen-bond acceptors (Lipinski definition) is 3. The van der Waals surface area contributed by atoms with Gasteiger partial charge in [0.15, 0.2) is 0 Å². The molecule has 1 aliphatic heterocycles. The van der Waals surface area contributed by atoms with Crippen LogP contribution < -0.4 is 0 Å². The topological polar surface area (TPSA) is 51.0 Å². The van der Waals surface area contributed by atoms with Crippen LogP contribution in [0.25, 0.3) is 0 Å². The second kappa shape index (κ2) is 6.37. The van der Waals surface area contributed by atoms with Crippen molar-refractivity contribution in [1.82, 2.24) is 19.7 Å². The van der Waals surface area contributed by atoms with Gasteiger partial charge < -0.3 is 4.90 Å². The Balaban J connectivity index is 1.50. The number of aromatic nitrogens is 3. The van der Waals surface area contributed by atoms with E-state index in [0.29, 0.717) is 18.4 Å². The number of likely N-dealkylation sites (tertiary alicyclic amines) is 1. The molecule has 5 nitrogen and oxygen atoms in total. The van der Waals surface area contributed by atoms with Crippen molar-refractivity contribution in [3.05, 3.63) is 12.7 Å². The summed E-state index contributed by atoms with van der Waals surface area (Å²) in [5.41, 5.74) is 0. The molecule has 0 N–H and O–H groups in total. The maximum absolute atomic E-state index is 12.5. The summed E-state index contributed by atoms with van der Waals surface area (Å²) in [6.07, 6.45) is 12.5. The highest BCUT2D eigenvalue weighted by molar-refractivity contribution is 5.76. The normalized spacial score (nSPS) is 26.3. The summed E-state index contributed by atoms with van der Waals surface area (Å²) in [6, 6.07) is 0.538. The van der Waals surface area contributed by atoms with Crippen LogP contribution in [-0.2, 0) is 11.3 Å². The quantitative estimate of drug-likeness (QED) is 0.847. The van der Waals surface area contributed by atoms with Gasteiger partial charge in [0.05, 0.1) is 0 Å². The molecule has 0 spiro atoms. The third kappa shape index (κ3) is 3.02. The van der Waals surface area contributed by atoms with E-state index < -0.39 is 0 Å². The maximum Gasteiger partial charge on any atom is 0.222 e. The molecular weight excluding hydrogens is 252 g/mol. The van der Waals surface area contributed by atoms with E-state index in [4.69, 9.17) is 0 Å². The minimum atomic E-state index is 0.349. The van der Waals surface area contributed by atoms with Crippen LogP contribution in [0.4, 0.5) is 0 Å². The molecule has 5 heteroatoms. The Morgan fingerprint density at radius 2 is 2.05 bits per heavy atom. The SMILES string of the molecule is O=C(CCCn1cncn1)N1CCCC2CCCCC21. The predicted molar refractivity (Wildman–Crippen MR) is 75.9 cm³/mol. The minimum absolute atomic E-state index is 0.349. The van der Waals surface area contributed by atoms with E-state index in [2.05, 4.69) is 15.0 Å². The van der Waals surface area contributed by atoms with Crippen LogP contribution in [0.1, 0.15) is 51.4 Å². The molecule has 1 saturated carbocycles. The lowest BCUT2D eigenvalue weighted by molar-refractivity contribution is -0.137. The van der Waals surface area contributed by atoms with Crippen molar-refractivity contribution in [2.75, 3.05) is 6.54 Å². The van der Waals surface area contributed by atoms with Gasteiger partial charge in [0.2, 0.25) is 5.91 Å². The summed E-state index contributed by atoms with van der Waals surface area (Å²) >= 11 is 0. The average Bonchev–Trinajstić information content (AvgIpc) is 3.00. The molecular formula is C15H24N4O. The fourth-order valence-electron chi connectivity index (χ4n) is 3.82. The molecule has 2 atom stereocenters. The van der Waals surface area contributed by atoms with Crippen molar-refractivity contribution in [1.29, 1.82) is 0 Å². The van der Waals surface area contributed by atoms with Gasteiger partial charge in [-0.25, -0.2) is 4.98 Å². The molecule has 2 unspecified atom stereocenters. The van der Waals surface area contributed by atoms with E-state index in [-0.39, 0.29) is 0 Å². The molecule has 2 heterocycles. The minimum Gasteiger partial charge on any atom is -0.339 e. The lowest BCUT2D eigenvalue weighted by Gasteiger charge is -2.44. The number of rotatable bonds is 4. The van der Waals surface area contributed by atoms with Gasteiger partial charge in [0.25, 0.3) is 0 Å². The van der Waals surface area contributed by atoms with Gasteiger partial charge in [0, 0.05) is 25.6 Å². The van der Waals surface area contributed by atoms with Gasteiger partial charge in [-0.05, 0) is 38.0 Å². The first-order valence-corrected chi connectivity index (χ1v) is 7.96. The lowest BCUT2D eigenvalue weighted by atomic mass is 9.78. The Morgan fingerprint density at radius 1 is 1.20 bits per heavy atom. The summed E-state index contributed by atoms with van der Waals surface area (Å²) in [6.45, 7) is 1.76. The molecule has 1 saturated heterocycles. The smallest absolute Gasteiger partial charge is 0.222 e. The monoisotopic (exact) mass is 276 g/mol. The molecule has 0 bridgehead atoms. The number of carbonyl (C=O) groups is 1. The van der Waals surface area contributed by atoms with Crippen LogP contribution in [0.15, 0.2) is 12.7 Å². The van der Waals surface area contributed by atoms with Gasteiger partial charge in [-0.3, -0.25) is 9.48 Å². The third-order valence-electron chi connectivity index (χ3n) is 4.81. The lowest BCUT2D eigenvalue weighted by Crippen LogP contribution is -2.49. The number of aryl methyl sites for hydroxylation is 1. The first kappa shape index (κ1) is 13.6. The standard InChI is InChI=1S/C15H24N4O/c20-15(8-4-9-18-12-16-11-17-18)19-10-3-6-13-5-1-2-7-14(13)19/h11-14H,1-10H2. The van der Waals surface area contributed by atoms with Crippen LogP contribution in [0, 0.1) is 5.92 Å². The Bertz CT molecular complexity index is 429. The second-order valence-electron chi connectivity index (χ2n) is 6.10. The van der Waals surface area contributed by atoms with Crippen molar-refractivity contribution in [3.8, 4) is 0 Å². The molecule has 1 aliphatic carbocycles. The van der Waals surface area contributed by atoms with Crippen LogP contribution in [-0.4, -0.2) is 38.2 Å². The van der Waals surface area contributed by atoms with Crippen molar-refractivity contribution in [2.24, 2.45) is 5.92 Å². The van der Waals surface area contributed by atoms with Crippen LogP contribution in [0.5, 0.6) is 0 Å². The molecule has 0 aromatic carbocycles. The Kier molecular flexibility index (Phi) is 4.33. The predicted octanol–water partition coefficient (Wildman–Crippen LogP) is 2.24. The number of fused-ring (bicyclic) bond motifs is 1. The summed E-state index contributed by atoms with van der Waals surface area (Å²) in [5, 5.41) is 4.07. The molecule has 1 aromatic heterocycles. The van der Waals surface area contributed by atoms with Crippen LogP contribution in [0.2, 0.25) is 0 Å². The van der Waals surface area contributed by atoms with Crippen LogP contribution >= 0.6 is 0 Å². The fraction of sp³-hybridized carbons (Fsp3) is 0.800. The Hall–Kier alpha value is -1.39. The van der Waals surface area contributed by atoms with Gasteiger partial charge in [-0.15, -0.1) is 0 Å². The van der Waals surface area contributed by atoms with E-state index >= 15 is 0 Å². The Morgan fingerprint density at radius 3 is 2.90 bits per heavy atom. The average molecular weight is 276 g/mol. The molecule has 3 rings (SSSR count). The van der Waals surface area contributed by atoms with Gasteiger partial charge >= 0.3 is 0 Å². The zero-order chi connectivity index (χ0) is 13.8. The molecule has 2 fully saturated rings. The number of amides is 1. The van der Waals surface area contributed by atoms with Crippen LogP contribution in [0.3, 0.4) is 0 Å². The number of nitrogens with zero attached hydrogens (tertiary/aromatic N) is 4. The zero-order valence-corrected chi connectivity index (χ0v) is 12.1. The van der Waals surface area contributed by atoms with E-state index in [1.54, 1.807) is 17.3 Å². The first-order chi connectivity index (χ1) is 9.84. The first-order valence-electron chi connectivity index (χ1n) is 7.96. The van der Waals surface area contributed by atoms with Crippen molar-refractivity contribution in [3.63, 3.8) is 0 Å². The van der Waals surface area contributed by atoms with Crippen molar-refractivity contribution < 1.29 is 4.79 Å². The summed E-state index contributed by atoms with van der Waals surface area (Å²) in [7, 11) is 0. The molecule has 1 aromatic rings. The second-order valence-corrected chi connectivity index (χ2v) is 6.10. The third-order valence-corrected chi connectivity index (χ3v) is 4.81. The number of piperidine rings is 1. The molecule has 1 amide bonds. The highest BCUT2D eigenvalue weighted by atomic mass is 16.2. The molecule has 0 radical (unpaired) electrons.